The third-order valence-electron chi connectivity index (χ3n) is 2.55. The summed E-state index contributed by atoms with van der Waals surface area (Å²) in [5.74, 6) is -0.227. The van der Waals surface area contributed by atoms with E-state index in [9.17, 15) is 9.90 Å². The summed E-state index contributed by atoms with van der Waals surface area (Å²) < 4.78 is 4.77. The van der Waals surface area contributed by atoms with Crippen LogP contribution in [0.2, 0.25) is 0 Å². The van der Waals surface area contributed by atoms with Gasteiger partial charge in [-0.1, -0.05) is 12.1 Å². The Morgan fingerprint density at radius 1 is 1.50 bits per heavy atom. The van der Waals surface area contributed by atoms with Gasteiger partial charge in [0.05, 0.1) is 7.11 Å². The fourth-order valence-corrected chi connectivity index (χ4v) is 1.59. The number of benzene rings is 1. The maximum absolute atomic E-state index is 11.7. The number of nitrogens with one attached hydrogen (secondary N) is 1. The van der Waals surface area contributed by atoms with Crippen LogP contribution in [-0.4, -0.2) is 50.3 Å². The molecule has 1 unspecified atom stereocenters. The molecule has 5 heteroatoms. The highest BCUT2D eigenvalue weighted by atomic mass is 16.5. The van der Waals surface area contributed by atoms with Crippen LogP contribution >= 0.6 is 0 Å². The molecule has 0 amide bonds. The second-order valence-corrected chi connectivity index (χ2v) is 4.31. The summed E-state index contributed by atoms with van der Waals surface area (Å²) in [7, 11) is 5.28. The van der Waals surface area contributed by atoms with Gasteiger partial charge in [-0.05, 0) is 31.8 Å². The fraction of sp³-hybridized carbons (Fsp3) is 0.462. The molecule has 0 fully saturated rings. The lowest BCUT2D eigenvalue weighted by atomic mass is 10.1. The van der Waals surface area contributed by atoms with E-state index in [2.05, 4.69) is 5.32 Å². The Hall–Kier alpha value is -1.59. The van der Waals surface area contributed by atoms with Crippen molar-refractivity contribution in [2.45, 2.75) is 6.04 Å². The van der Waals surface area contributed by atoms with Gasteiger partial charge < -0.3 is 14.7 Å². The molecule has 0 aliphatic carbocycles. The standard InChI is InChI=1S/C13H20N2O3/c1-15(2)8-7-14-12(13(17)18-3)10-5-4-6-11(16)9-10/h4-6,9,12,14,16H,7-8H2,1-3H3. The topological polar surface area (TPSA) is 61.8 Å². The smallest absolute Gasteiger partial charge is 0.327 e. The van der Waals surface area contributed by atoms with E-state index in [1.165, 1.54) is 7.11 Å². The van der Waals surface area contributed by atoms with Crippen molar-refractivity contribution < 1.29 is 14.6 Å². The van der Waals surface area contributed by atoms with E-state index >= 15 is 0 Å². The lowest BCUT2D eigenvalue weighted by Crippen LogP contribution is -2.34. The normalized spacial score (nSPS) is 12.4. The van der Waals surface area contributed by atoms with Crippen molar-refractivity contribution in [3.8, 4) is 5.75 Å². The van der Waals surface area contributed by atoms with Gasteiger partial charge >= 0.3 is 5.97 Å². The van der Waals surface area contributed by atoms with Crippen molar-refractivity contribution >= 4 is 5.97 Å². The molecule has 2 N–H and O–H groups in total. The quantitative estimate of drug-likeness (QED) is 0.732. The lowest BCUT2D eigenvalue weighted by Gasteiger charge is -2.18. The van der Waals surface area contributed by atoms with Crippen LogP contribution in [0.4, 0.5) is 0 Å². The van der Waals surface area contributed by atoms with Gasteiger partial charge in [0.25, 0.3) is 0 Å². The SMILES string of the molecule is COC(=O)C(NCCN(C)C)c1cccc(O)c1. The molecule has 18 heavy (non-hydrogen) atoms. The van der Waals surface area contributed by atoms with E-state index in [-0.39, 0.29) is 11.7 Å². The minimum absolute atomic E-state index is 0.135. The summed E-state index contributed by atoms with van der Waals surface area (Å²) in [5, 5.41) is 12.6. The van der Waals surface area contributed by atoms with Gasteiger partial charge in [0.15, 0.2) is 0 Å². The van der Waals surface area contributed by atoms with E-state index in [0.717, 1.165) is 6.54 Å². The molecule has 1 atom stereocenters. The first kappa shape index (κ1) is 14.5. The predicted octanol–water partition coefficient (Wildman–Crippen LogP) is 0.757. The second-order valence-electron chi connectivity index (χ2n) is 4.31. The molecule has 0 aliphatic heterocycles. The molecule has 0 bridgehead atoms. The lowest BCUT2D eigenvalue weighted by molar-refractivity contribution is -0.143. The van der Waals surface area contributed by atoms with Crippen LogP contribution < -0.4 is 5.32 Å². The maximum atomic E-state index is 11.7. The Morgan fingerprint density at radius 3 is 2.78 bits per heavy atom. The van der Waals surface area contributed by atoms with Gasteiger partial charge in [-0.2, -0.15) is 0 Å². The van der Waals surface area contributed by atoms with Crippen molar-refractivity contribution in [2.24, 2.45) is 0 Å². The zero-order valence-electron chi connectivity index (χ0n) is 11.0. The number of nitrogens with zero attached hydrogens (tertiary/aromatic N) is 1. The van der Waals surface area contributed by atoms with Crippen molar-refractivity contribution in [1.82, 2.24) is 10.2 Å². The Labute approximate surface area is 107 Å². The summed E-state index contributed by atoms with van der Waals surface area (Å²) in [4.78, 5) is 13.7. The van der Waals surface area contributed by atoms with Crippen LogP contribution in [0.15, 0.2) is 24.3 Å². The van der Waals surface area contributed by atoms with Crippen molar-refractivity contribution in [3.63, 3.8) is 0 Å². The molecular weight excluding hydrogens is 232 g/mol. The van der Waals surface area contributed by atoms with Crippen LogP contribution in [0.25, 0.3) is 0 Å². The number of phenols is 1. The zero-order valence-corrected chi connectivity index (χ0v) is 11.0. The van der Waals surface area contributed by atoms with Gasteiger partial charge in [-0.15, -0.1) is 0 Å². The molecule has 1 aromatic carbocycles. The summed E-state index contributed by atoms with van der Waals surface area (Å²) in [6.45, 7) is 1.47. The average molecular weight is 252 g/mol. The number of carbonyl (C=O) groups excluding carboxylic acids is 1. The predicted molar refractivity (Wildman–Crippen MR) is 69.4 cm³/mol. The molecule has 0 aliphatic rings. The molecule has 5 nitrogen and oxygen atoms in total. The number of ether oxygens (including phenoxy) is 1. The summed E-state index contributed by atoms with van der Waals surface area (Å²) in [6, 6.07) is 6.06. The molecule has 0 spiro atoms. The van der Waals surface area contributed by atoms with Crippen LogP contribution in [-0.2, 0) is 9.53 Å². The van der Waals surface area contributed by atoms with E-state index in [1.54, 1.807) is 24.3 Å². The van der Waals surface area contributed by atoms with Crippen LogP contribution in [0.3, 0.4) is 0 Å². The van der Waals surface area contributed by atoms with Crippen LogP contribution in [0.1, 0.15) is 11.6 Å². The molecule has 0 saturated heterocycles. The third kappa shape index (κ3) is 4.35. The maximum Gasteiger partial charge on any atom is 0.327 e. The number of likely N-dealkylation sites (N-methyl/N-ethyl adjacent to an activating group) is 1. The molecule has 100 valence electrons. The minimum atomic E-state index is -0.554. The number of aromatic hydroxyl groups is 1. The average Bonchev–Trinajstić information content (AvgIpc) is 2.33. The highest BCUT2D eigenvalue weighted by Crippen LogP contribution is 2.19. The van der Waals surface area contributed by atoms with E-state index < -0.39 is 6.04 Å². The molecule has 0 heterocycles. The van der Waals surface area contributed by atoms with E-state index in [4.69, 9.17) is 4.74 Å². The Kier molecular flexibility index (Phi) is 5.61. The second kappa shape index (κ2) is 6.98. The summed E-state index contributed by atoms with van der Waals surface area (Å²) in [5.41, 5.74) is 0.695. The number of hydrogen-bond acceptors (Lipinski definition) is 5. The molecule has 0 radical (unpaired) electrons. The Balaban J connectivity index is 2.75. The van der Waals surface area contributed by atoms with Gasteiger partial charge in [-0.3, -0.25) is 5.32 Å². The van der Waals surface area contributed by atoms with E-state index in [1.807, 2.05) is 19.0 Å². The largest absolute Gasteiger partial charge is 0.508 e. The van der Waals surface area contributed by atoms with Gasteiger partial charge in [0, 0.05) is 13.1 Å². The van der Waals surface area contributed by atoms with Gasteiger partial charge in [0.1, 0.15) is 11.8 Å². The monoisotopic (exact) mass is 252 g/mol. The summed E-state index contributed by atoms with van der Waals surface area (Å²) >= 11 is 0. The molecule has 1 aromatic rings. The minimum Gasteiger partial charge on any atom is -0.508 e. The van der Waals surface area contributed by atoms with E-state index in [0.29, 0.717) is 12.1 Å². The highest BCUT2D eigenvalue weighted by molar-refractivity contribution is 5.77. The van der Waals surface area contributed by atoms with Crippen molar-refractivity contribution in [2.75, 3.05) is 34.3 Å². The van der Waals surface area contributed by atoms with Crippen LogP contribution in [0, 0.1) is 0 Å². The summed E-state index contributed by atoms with van der Waals surface area (Å²) in [6.07, 6.45) is 0. The zero-order chi connectivity index (χ0) is 13.5. The first-order chi connectivity index (χ1) is 8.54. The molecule has 0 aromatic heterocycles. The van der Waals surface area contributed by atoms with Gasteiger partial charge in [0.2, 0.25) is 0 Å². The molecular formula is C13H20N2O3. The Morgan fingerprint density at radius 2 is 2.22 bits per heavy atom. The number of carbonyl (C=O) groups is 1. The first-order valence-corrected chi connectivity index (χ1v) is 5.79. The number of hydrogen-bond donors (Lipinski definition) is 2. The van der Waals surface area contributed by atoms with Crippen molar-refractivity contribution in [3.05, 3.63) is 29.8 Å². The van der Waals surface area contributed by atoms with Crippen molar-refractivity contribution in [1.29, 1.82) is 0 Å². The first-order valence-electron chi connectivity index (χ1n) is 5.79. The number of rotatable bonds is 6. The number of methoxy groups -OCH3 is 1. The fourth-order valence-electron chi connectivity index (χ4n) is 1.59. The third-order valence-corrected chi connectivity index (χ3v) is 2.55. The Bertz CT molecular complexity index is 394. The van der Waals surface area contributed by atoms with Crippen LogP contribution in [0.5, 0.6) is 5.75 Å². The highest BCUT2D eigenvalue weighted by Gasteiger charge is 2.20. The molecule has 1 rings (SSSR count). The molecule has 0 saturated carbocycles. The number of esters is 1. The van der Waals surface area contributed by atoms with Gasteiger partial charge in [-0.25, -0.2) is 4.79 Å². The number of phenolic OH excluding ortho intramolecular Hbond substituents is 1.